The quantitative estimate of drug-likeness (QED) is 0.614. The van der Waals surface area contributed by atoms with Crippen LogP contribution in [0, 0.1) is 0 Å². The molecule has 21 heavy (non-hydrogen) atoms. The number of rotatable bonds is 3. The first-order valence-electron chi connectivity index (χ1n) is 8.09. The number of hydrogen-bond acceptors (Lipinski definition) is 2. The Morgan fingerprint density at radius 2 is 1.71 bits per heavy atom. The predicted octanol–water partition coefficient (Wildman–Crippen LogP) is 6.18. The molecule has 0 spiro atoms. The maximum Gasteiger partial charge on any atom is 0.108 e. The van der Waals surface area contributed by atoms with Crippen LogP contribution in [0.1, 0.15) is 40.5 Å². The van der Waals surface area contributed by atoms with Gasteiger partial charge in [0, 0.05) is 4.90 Å². The molecule has 3 atom stereocenters. The average Bonchev–Trinajstić information content (AvgIpc) is 2.38. The summed E-state index contributed by atoms with van der Waals surface area (Å²) < 4.78 is 6.38. The van der Waals surface area contributed by atoms with Gasteiger partial charge in [-0.2, -0.15) is 0 Å². The summed E-state index contributed by atoms with van der Waals surface area (Å²) in [5.41, 5.74) is 1.09. The monoisotopic (exact) mass is 322 g/mol. The van der Waals surface area contributed by atoms with Gasteiger partial charge in [-0.15, -0.1) is 0 Å². The lowest BCUT2D eigenvalue weighted by atomic mass is 10.1. The SMILES string of the molecule is C[C@@H]1O[C@@H](Sc2ccccc2)CC[C@@H]1[Si](C)(C)C(C)(C)C. The normalized spacial score (nSPS) is 27.6. The fourth-order valence-electron chi connectivity index (χ4n) is 3.19. The standard InChI is InChI=1S/C18H30OSSi/c1-14-16(21(5,6)18(2,3)4)12-13-17(19-14)20-15-10-8-7-9-11-15/h7-11,14,16-17H,12-13H2,1-6H3/t14-,16-,17-/m0/s1. The first-order valence-corrected chi connectivity index (χ1v) is 12.0. The highest BCUT2D eigenvalue weighted by atomic mass is 32.2. The second-order valence-electron chi connectivity index (χ2n) is 7.86. The first-order chi connectivity index (χ1) is 9.72. The van der Waals surface area contributed by atoms with Gasteiger partial charge in [0.25, 0.3) is 0 Å². The molecule has 1 nitrogen and oxygen atoms in total. The summed E-state index contributed by atoms with van der Waals surface area (Å²) in [6.07, 6.45) is 2.89. The smallest absolute Gasteiger partial charge is 0.108 e. The first kappa shape index (κ1) is 17.1. The van der Waals surface area contributed by atoms with Crippen molar-refractivity contribution < 1.29 is 4.74 Å². The zero-order chi connectivity index (χ0) is 15.7. The Morgan fingerprint density at radius 1 is 1.10 bits per heavy atom. The summed E-state index contributed by atoms with van der Waals surface area (Å²) in [6.45, 7) is 14.6. The van der Waals surface area contributed by atoms with Crippen molar-refractivity contribution in [3.8, 4) is 0 Å². The van der Waals surface area contributed by atoms with E-state index in [0.29, 0.717) is 16.6 Å². The highest BCUT2D eigenvalue weighted by molar-refractivity contribution is 7.99. The average molecular weight is 323 g/mol. The van der Waals surface area contributed by atoms with E-state index in [9.17, 15) is 0 Å². The van der Waals surface area contributed by atoms with Crippen LogP contribution < -0.4 is 0 Å². The van der Waals surface area contributed by atoms with Gasteiger partial charge in [-0.05, 0) is 42.5 Å². The van der Waals surface area contributed by atoms with Crippen LogP contribution in [0.3, 0.4) is 0 Å². The minimum Gasteiger partial charge on any atom is -0.364 e. The third-order valence-electron chi connectivity index (χ3n) is 5.52. The van der Waals surface area contributed by atoms with Crippen LogP contribution in [0.15, 0.2) is 35.2 Å². The van der Waals surface area contributed by atoms with E-state index < -0.39 is 8.07 Å². The van der Waals surface area contributed by atoms with E-state index in [1.165, 1.54) is 17.7 Å². The number of benzene rings is 1. The minimum atomic E-state index is -1.32. The Balaban J connectivity index is 1.99. The van der Waals surface area contributed by atoms with E-state index in [1.54, 1.807) is 0 Å². The Labute approximate surface area is 135 Å². The molecule has 0 N–H and O–H groups in total. The highest BCUT2D eigenvalue weighted by Crippen LogP contribution is 2.50. The van der Waals surface area contributed by atoms with Gasteiger partial charge >= 0.3 is 0 Å². The molecule has 0 radical (unpaired) electrons. The second kappa shape index (κ2) is 6.47. The van der Waals surface area contributed by atoms with E-state index in [2.05, 4.69) is 71.1 Å². The van der Waals surface area contributed by atoms with Crippen LogP contribution >= 0.6 is 11.8 Å². The molecule has 0 unspecified atom stereocenters. The van der Waals surface area contributed by atoms with Gasteiger partial charge in [-0.1, -0.05) is 63.8 Å². The van der Waals surface area contributed by atoms with Gasteiger partial charge in [-0.25, -0.2) is 0 Å². The minimum absolute atomic E-state index is 0.323. The van der Waals surface area contributed by atoms with Crippen LogP contribution in [-0.4, -0.2) is 19.6 Å². The molecule has 1 fully saturated rings. The van der Waals surface area contributed by atoms with Crippen LogP contribution in [-0.2, 0) is 4.74 Å². The zero-order valence-electron chi connectivity index (χ0n) is 14.3. The molecule has 3 heteroatoms. The summed E-state index contributed by atoms with van der Waals surface area (Å²) in [5.74, 6) is 0. The maximum atomic E-state index is 6.38. The molecule has 1 saturated heterocycles. The lowest BCUT2D eigenvalue weighted by molar-refractivity contribution is 0.00563. The van der Waals surface area contributed by atoms with Crippen LogP contribution in [0.25, 0.3) is 0 Å². The van der Waals surface area contributed by atoms with Gasteiger partial charge in [0.05, 0.1) is 14.2 Å². The largest absolute Gasteiger partial charge is 0.364 e. The van der Waals surface area contributed by atoms with Crippen molar-refractivity contribution in [3.63, 3.8) is 0 Å². The lowest BCUT2D eigenvalue weighted by Gasteiger charge is -2.48. The molecule has 0 saturated carbocycles. The van der Waals surface area contributed by atoms with Gasteiger partial charge in [0.2, 0.25) is 0 Å². The molecule has 1 aliphatic rings. The van der Waals surface area contributed by atoms with Gasteiger partial charge < -0.3 is 4.74 Å². The molecule has 0 aromatic heterocycles. The maximum absolute atomic E-state index is 6.38. The zero-order valence-corrected chi connectivity index (χ0v) is 16.2. The molecular weight excluding hydrogens is 292 g/mol. The third kappa shape index (κ3) is 3.94. The van der Waals surface area contributed by atoms with Crippen molar-refractivity contribution in [2.24, 2.45) is 0 Å². The van der Waals surface area contributed by atoms with Gasteiger partial charge in [0.15, 0.2) is 0 Å². The van der Waals surface area contributed by atoms with Crippen molar-refractivity contribution >= 4 is 19.8 Å². The van der Waals surface area contributed by atoms with E-state index in [0.717, 1.165) is 5.54 Å². The Kier molecular flexibility index (Phi) is 5.27. The molecule has 0 bridgehead atoms. The van der Waals surface area contributed by atoms with Crippen molar-refractivity contribution in [1.82, 2.24) is 0 Å². The fraction of sp³-hybridized carbons (Fsp3) is 0.667. The molecule has 118 valence electrons. The van der Waals surface area contributed by atoms with Crippen molar-refractivity contribution in [2.45, 2.75) is 80.6 Å². The van der Waals surface area contributed by atoms with E-state index >= 15 is 0 Å². The van der Waals surface area contributed by atoms with Crippen LogP contribution in [0.5, 0.6) is 0 Å². The van der Waals surface area contributed by atoms with Crippen LogP contribution in [0.2, 0.25) is 23.7 Å². The van der Waals surface area contributed by atoms with E-state index in [1.807, 2.05) is 11.8 Å². The predicted molar refractivity (Wildman–Crippen MR) is 96.8 cm³/mol. The molecule has 1 aliphatic heterocycles. The van der Waals surface area contributed by atoms with Gasteiger partial charge in [-0.3, -0.25) is 0 Å². The highest BCUT2D eigenvalue weighted by Gasteiger charge is 2.46. The van der Waals surface area contributed by atoms with E-state index in [4.69, 9.17) is 4.74 Å². The fourth-order valence-corrected chi connectivity index (χ4v) is 7.55. The molecule has 1 aromatic carbocycles. The summed E-state index contributed by atoms with van der Waals surface area (Å²) >= 11 is 1.88. The molecule has 0 aliphatic carbocycles. The molecule has 1 aromatic rings. The molecular formula is C18H30OSSi. The topological polar surface area (TPSA) is 9.23 Å². The number of hydrogen-bond donors (Lipinski definition) is 0. The summed E-state index contributed by atoms with van der Waals surface area (Å²) in [5, 5.41) is 0.439. The van der Waals surface area contributed by atoms with Crippen LogP contribution in [0.4, 0.5) is 0 Å². The second-order valence-corrected chi connectivity index (χ2v) is 14.8. The summed E-state index contributed by atoms with van der Waals surface area (Å²) in [4.78, 5) is 1.32. The number of thioether (sulfide) groups is 1. The molecule has 0 amide bonds. The van der Waals surface area contributed by atoms with E-state index in [-0.39, 0.29) is 0 Å². The number of ether oxygens (including phenoxy) is 1. The third-order valence-corrected chi connectivity index (χ3v) is 13.1. The summed E-state index contributed by atoms with van der Waals surface area (Å²) in [6, 6.07) is 10.6. The molecule has 2 rings (SSSR count). The van der Waals surface area contributed by atoms with Crippen molar-refractivity contribution in [3.05, 3.63) is 30.3 Å². The molecule has 1 heterocycles. The Hall–Kier alpha value is -0.253. The Morgan fingerprint density at radius 3 is 2.24 bits per heavy atom. The van der Waals surface area contributed by atoms with Crippen molar-refractivity contribution in [2.75, 3.05) is 0 Å². The lowest BCUT2D eigenvalue weighted by Crippen LogP contribution is -2.49. The van der Waals surface area contributed by atoms with Crippen molar-refractivity contribution in [1.29, 1.82) is 0 Å². The Bertz CT molecular complexity index is 452. The summed E-state index contributed by atoms with van der Waals surface area (Å²) in [7, 11) is -1.32. The van der Waals surface area contributed by atoms with Gasteiger partial charge in [0.1, 0.15) is 5.44 Å².